The molecule has 1 atom stereocenters. The van der Waals surface area contributed by atoms with E-state index >= 15 is 0 Å². The van der Waals surface area contributed by atoms with Crippen molar-refractivity contribution in [3.8, 4) is 0 Å². The van der Waals surface area contributed by atoms with Crippen molar-refractivity contribution < 1.29 is 17.9 Å². The van der Waals surface area contributed by atoms with E-state index in [1.165, 1.54) is 40.9 Å². The largest absolute Gasteiger partial charge is 0.382 e. The summed E-state index contributed by atoms with van der Waals surface area (Å²) in [5, 5.41) is 12.2. The zero-order chi connectivity index (χ0) is 17.2. The summed E-state index contributed by atoms with van der Waals surface area (Å²) in [5.41, 5.74) is 0. The molecule has 4 nitrogen and oxygen atoms in total. The quantitative estimate of drug-likeness (QED) is 0.685. The molecular weight excluding hydrogens is 369 g/mol. The van der Waals surface area contributed by atoms with Crippen LogP contribution in [-0.2, 0) is 16.6 Å². The molecule has 0 bridgehead atoms. The summed E-state index contributed by atoms with van der Waals surface area (Å²) in [4.78, 5) is 1.92. The first-order chi connectivity index (χ1) is 11.5. The summed E-state index contributed by atoms with van der Waals surface area (Å²) in [6, 6.07) is 12.5. The van der Waals surface area contributed by atoms with Gasteiger partial charge in [-0.3, -0.25) is 0 Å². The molecule has 2 N–H and O–H groups in total. The second kappa shape index (κ2) is 7.12. The predicted octanol–water partition coefficient (Wildman–Crippen LogP) is 3.51. The Balaban J connectivity index is 1.71. The van der Waals surface area contributed by atoms with Crippen molar-refractivity contribution in [2.45, 2.75) is 17.5 Å². The second-order valence-electron chi connectivity index (χ2n) is 4.98. The number of thiophene rings is 2. The lowest BCUT2D eigenvalue weighted by molar-refractivity contribution is 0.228. The van der Waals surface area contributed by atoms with Crippen molar-refractivity contribution in [1.29, 1.82) is 0 Å². The SMILES string of the molecule is O=S(=O)(NCc1ccc([C@H](O)c2cccs2)s1)c1ccccc1F. The van der Waals surface area contributed by atoms with E-state index in [1.54, 1.807) is 12.1 Å². The van der Waals surface area contributed by atoms with Crippen molar-refractivity contribution in [2.24, 2.45) is 0 Å². The fourth-order valence-electron chi connectivity index (χ4n) is 2.13. The van der Waals surface area contributed by atoms with Crippen LogP contribution >= 0.6 is 22.7 Å². The molecule has 0 saturated carbocycles. The smallest absolute Gasteiger partial charge is 0.243 e. The Morgan fingerprint density at radius 1 is 1.08 bits per heavy atom. The van der Waals surface area contributed by atoms with Crippen LogP contribution in [-0.4, -0.2) is 13.5 Å². The highest BCUT2D eigenvalue weighted by Gasteiger charge is 2.19. The van der Waals surface area contributed by atoms with Crippen LogP contribution in [0.1, 0.15) is 20.7 Å². The Kier molecular flexibility index (Phi) is 5.12. The minimum Gasteiger partial charge on any atom is -0.382 e. The summed E-state index contributed by atoms with van der Waals surface area (Å²) in [7, 11) is -3.92. The van der Waals surface area contributed by atoms with Crippen LogP contribution in [0.3, 0.4) is 0 Å². The fourth-order valence-corrected chi connectivity index (χ4v) is 5.06. The molecule has 0 spiro atoms. The monoisotopic (exact) mass is 383 g/mol. The maximum Gasteiger partial charge on any atom is 0.243 e. The number of aliphatic hydroxyl groups is 1. The Morgan fingerprint density at radius 3 is 2.58 bits per heavy atom. The summed E-state index contributed by atoms with van der Waals surface area (Å²) in [6.07, 6.45) is -0.716. The first-order valence-corrected chi connectivity index (χ1v) is 10.2. The number of rotatable bonds is 6. The molecular formula is C16H14FNO3S3. The molecule has 0 aliphatic carbocycles. The standard InChI is InChI=1S/C16H14FNO3S3/c17-12-4-1-2-6-15(12)24(20,21)18-10-11-7-8-14(23-11)16(19)13-5-3-9-22-13/h1-9,16,18-19H,10H2/t16-/m1/s1. The molecule has 3 rings (SSSR count). The van der Waals surface area contributed by atoms with E-state index in [1.807, 2.05) is 17.5 Å². The highest BCUT2D eigenvalue weighted by atomic mass is 32.2. The number of benzene rings is 1. The van der Waals surface area contributed by atoms with Crippen molar-refractivity contribution in [1.82, 2.24) is 4.72 Å². The van der Waals surface area contributed by atoms with Gasteiger partial charge >= 0.3 is 0 Å². The molecule has 0 unspecified atom stereocenters. The molecule has 24 heavy (non-hydrogen) atoms. The van der Waals surface area contributed by atoms with Gasteiger partial charge in [0.2, 0.25) is 10.0 Å². The zero-order valence-electron chi connectivity index (χ0n) is 12.3. The van der Waals surface area contributed by atoms with Gasteiger partial charge in [-0.05, 0) is 35.7 Å². The first-order valence-electron chi connectivity index (χ1n) is 7.01. The van der Waals surface area contributed by atoms with E-state index < -0.39 is 21.9 Å². The average molecular weight is 383 g/mol. The molecule has 126 valence electrons. The molecule has 0 fully saturated rings. The van der Waals surface area contributed by atoms with Crippen LogP contribution in [0.25, 0.3) is 0 Å². The van der Waals surface area contributed by atoms with Gasteiger partial charge in [-0.25, -0.2) is 17.5 Å². The highest BCUT2D eigenvalue weighted by Crippen LogP contribution is 2.31. The lowest BCUT2D eigenvalue weighted by atomic mass is 10.2. The summed E-state index contributed by atoms with van der Waals surface area (Å²) in [6.45, 7) is 0.0402. The fraction of sp³-hybridized carbons (Fsp3) is 0.125. The summed E-state index contributed by atoms with van der Waals surface area (Å²) < 4.78 is 40.3. The van der Waals surface area contributed by atoms with Gasteiger partial charge in [-0.1, -0.05) is 18.2 Å². The number of hydrogen-bond acceptors (Lipinski definition) is 5. The van der Waals surface area contributed by atoms with Crippen LogP contribution in [0.2, 0.25) is 0 Å². The van der Waals surface area contributed by atoms with Gasteiger partial charge in [0.15, 0.2) is 0 Å². The second-order valence-corrected chi connectivity index (χ2v) is 8.89. The van der Waals surface area contributed by atoms with E-state index in [-0.39, 0.29) is 11.4 Å². The molecule has 8 heteroatoms. The van der Waals surface area contributed by atoms with E-state index in [9.17, 15) is 17.9 Å². The minimum absolute atomic E-state index is 0.0402. The lowest BCUT2D eigenvalue weighted by Gasteiger charge is -2.07. The number of sulfonamides is 1. The third-order valence-electron chi connectivity index (χ3n) is 3.33. The predicted molar refractivity (Wildman–Crippen MR) is 93.1 cm³/mol. The van der Waals surface area contributed by atoms with E-state index in [0.717, 1.165) is 20.7 Å². The Bertz CT molecular complexity index is 920. The number of aliphatic hydroxyl groups excluding tert-OH is 1. The number of halogens is 1. The van der Waals surface area contributed by atoms with Crippen molar-refractivity contribution in [3.63, 3.8) is 0 Å². The van der Waals surface area contributed by atoms with Crippen molar-refractivity contribution >= 4 is 32.7 Å². The van der Waals surface area contributed by atoms with Crippen LogP contribution < -0.4 is 4.72 Å². The van der Waals surface area contributed by atoms with E-state index in [2.05, 4.69) is 4.72 Å². The molecule has 0 amide bonds. The lowest BCUT2D eigenvalue weighted by Crippen LogP contribution is -2.23. The normalized spacial score (nSPS) is 13.1. The molecule has 0 saturated heterocycles. The van der Waals surface area contributed by atoms with Gasteiger partial charge < -0.3 is 5.11 Å². The van der Waals surface area contributed by atoms with E-state index in [0.29, 0.717) is 0 Å². The van der Waals surface area contributed by atoms with Gasteiger partial charge in [0.05, 0.1) is 0 Å². The third kappa shape index (κ3) is 3.73. The summed E-state index contributed by atoms with van der Waals surface area (Å²) in [5.74, 6) is -0.787. The summed E-state index contributed by atoms with van der Waals surface area (Å²) >= 11 is 2.77. The maximum atomic E-state index is 13.6. The van der Waals surface area contributed by atoms with E-state index in [4.69, 9.17) is 0 Å². The topological polar surface area (TPSA) is 66.4 Å². The van der Waals surface area contributed by atoms with Crippen LogP contribution in [0.15, 0.2) is 58.8 Å². The van der Waals surface area contributed by atoms with Crippen LogP contribution in [0.5, 0.6) is 0 Å². The number of nitrogens with one attached hydrogen (secondary N) is 1. The Morgan fingerprint density at radius 2 is 1.88 bits per heavy atom. The first kappa shape index (κ1) is 17.2. The molecule has 0 aliphatic rings. The maximum absolute atomic E-state index is 13.6. The molecule has 0 radical (unpaired) electrons. The van der Waals surface area contributed by atoms with Crippen LogP contribution in [0, 0.1) is 5.82 Å². The van der Waals surface area contributed by atoms with Gasteiger partial charge in [0, 0.05) is 21.2 Å². The van der Waals surface area contributed by atoms with Crippen molar-refractivity contribution in [2.75, 3.05) is 0 Å². The average Bonchev–Trinajstić information content (AvgIpc) is 3.24. The van der Waals surface area contributed by atoms with Crippen molar-refractivity contribution in [3.05, 3.63) is 74.4 Å². The third-order valence-corrected chi connectivity index (χ3v) is 6.82. The number of hydrogen-bond donors (Lipinski definition) is 2. The van der Waals surface area contributed by atoms with Gasteiger partial charge in [0.1, 0.15) is 16.8 Å². The van der Waals surface area contributed by atoms with Gasteiger partial charge in [0.25, 0.3) is 0 Å². The molecule has 2 heterocycles. The minimum atomic E-state index is -3.92. The molecule has 1 aromatic carbocycles. The zero-order valence-corrected chi connectivity index (χ0v) is 14.8. The molecule has 3 aromatic rings. The molecule has 2 aromatic heterocycles. The van der Waals surface area contributed by atoms with Gasteiger partial charge in [-0.15, -0.1) is 22.7 Å². The Hall–Kier alpha value is -1.58. The highest BCUT2D eigenvalue weighted by molar-refractivity contribution is 7.89. The van der Waals surface area contributed by atoms with Gasteiger partial charge in [-0.2, -0.15) is 0 Å². The molecule has 0 aliphatic heterocycles. The van der Waals surface area contributed by atoms with Crippen LogP contribution in [0.4, 0.5) is 4.39 Å². The Labute approximate surface area is 147 Å².